The second kappa shape index (κ2) is 13.2. The minimum absolute atomic E-state index is 0. The summed E-state index contributed by atoms with van der Waals surface area (Å²) in [5, 5.41) is 0. The lowest BCUT2D eigenvalue weighted by molar-refractivity contribution is 0.198. The van der Waals surface area contributed by atoms with Crippen molar-refractivity contribution in [1.29, 1.82) is 0 Å². The van der Waals surface area contributed by atoms with Crippen molar-refractivity contribution in [2.24, 2.45) is 0 Å². The summed E-state index contributed by atoms with van der Waals surface area (Å²) in [4.78, 5) is 0. The molecule has 7 heteroatoms. The molecule has 6 nitrogen and oxygen atoms in total. The molecule has 0 spiro atoms. The fourth-order valence-corrected chi connectivity index (χ4v) is 2.68. The third kappa shape index (κ3) is 11.4. The molecule has 0 aromatic heterocycles. The molecule has 4 N–H and O–H groups in total. The summed E-state index contributed by atoms with van der Waals surface area (Å²) in [5.74, 6) is 0.727. The first kappa shape index (κ1) is 22.9. The Kier molecular flexibility index (Phi) is 12.5. The van der Waals surface area contributed by atoms with E-state index in [-0.39, 0.29) is 19.4 Å². The fourth-order valence-electron chi connectivity index (χ4n) is 2.41. The van der Waals surface area contributed by atoms with E-state index in [0.29, 0.717) is 0 Å². The Labute approximate surface area is 146 Å². The number of benzene rings is 1. The Morgan fingerprint density at radius 2 is 1.58 bits per heavy atom. The van der Waals surface area contributed by atoms with Crippen LogP contribution in [0.5, 0.6) is 5.75 Å². The lowest BCUT2D eigenvalue weighted by Gasteiger charge is -2.12. The highest BCUT2D eigenvalue weighted by molar-refractivity contribution is 7.80. The summed E-state index contributed by atoms with van der Waals surface area (Å²) in [7, 11) is -4.65. The van der Waals surface area contributed by atoms with Crippen molar-refractivity contribution >= 4 is 10.4 Å². The molecule has 0 unspecified atom stereocenters. The number of hydrogen-bond acceptors (Lipinski definition) is 5. The maximum absolute atomic E-state index is 10.3. The summed E-state index contributed by atoms with van der Waals surface area (Å²) in [6.07, 6.45) is 9.71. The van der Waals surface area contributed by atoms with Crippen LogP contribution in [-0.4, -0.2) is 26.2 Å². The molecule has 0 heterocycles. The van der Waals surface area contributed by atoms with E-state index in [9.17, 15) is 13.0 Å². The lowest BCUT2D eigenvalue weighted by Crippen LogP contribution is -2.12. The van der Waals surface area contributed by atoms with Crippen LogP contribution in [0.25, 0.3) is 0 Å². The van der Waals surface area contributed by atoms with Gasteiger partial charge in [0.25, 0.3) is 0 Å². The number of rotatable bonds is 13. The largest absolute Gasteiger partial charge is 0.726 e. The van der Waals surface area contributed by atoms with Crippen LogP contribution >= 0.6 is 0 Å². The van der Waals surface area contributed by atoms with Crippen LogP contribution in [0.3, 0.4) is 0 Å². The highest BCUT2D eigenvalue weighted by Crippen LogP contribution is 2.21. The van der Waals surface area contributed by atoms with Gasteiger partial charge in [-0.05, 0) is 24.5 Å². The molecule has 0 aliphatic rings. The number of ether oxygens (including phenoxy) is 1. The van der Waals surface area contributed by atoms with Gasteiger partial charge in [-0.2, -0.15) is 0 Å². The summed E-state index contributed by atoms with van der Waals surface area (Å²) >= 11 is 0. The Balaban J connectivity index is 0.00000529. The third-order valence-electron chi connectivity index (χ3n) is 3.59. The highest BCUT2D eigenvalue weighted by atomic mass is 32.3. The second-order valence-corrected chi connectivity index (χ2v) is 6.61. The standard InChI is InChI=1S/C17H28O5S.H3N/c1-2-3-4-5-6-7-8-11-16-12-9-10-13-17(16)21-14-15-22-23(18,19)20;/h9-10,12-13H,2-8,11,14-15H2,1H3,(H,18,19,20);1H3. The first-order chi connectivity index (χ1) is 11.0. The zero-order valence-corrected chi connectivity index (χ0v) is 15.6. The first-order valence-electron chi connectivity index (χ1n) is 8.34. The molecular weight excluding hydrogens is 330 g/mol. The van der Waals surface area contributed by atoms with Gasteiger partial charge < -0.3 is 15.4 Å². The van der Waals surface area contributed by atoms with Gasteiger partial charge in [-0.1, -0.05) is 63.6 Å². The van der Waals surface area contributed by atoms with E-state index >= 15 is 0 Å². The molecule has 1 aromatic rings. The Hall–Kier alpha value is -1.15. The molecule has 0 saturated carbocycles. The molecule has 24 heavy (non-hydrogen) atoms. The molecule has 140 valence electrons. The lowest BCUT2D eigenvalue weighted by atomic mass is 10.0. The van der Waals surface area contributed by atoms with E-state index < -0.39 is 10.4 Å². The highest BCUT2D eigenvalue weighted by Gasteiger charge is 2.03. The van der Waals surface area contributed by atoms with Crippen LogP contribution in [-0.2, 0) is 21.0 Å². The van der Waals surface area contributed by atoms with Crippen molar-refractivity contribution in [2.45, 2.75) is 58.3 Å². The number of para-hydroxylation sites is 1. The average molecular weight is 362 g/mol. The second-order valence-electron chi connectivity index (χ2n) is 5.56. The van der Waals surface area contributed by atoms with Crippen LogP contribution in [0.1, 0.15) is 57.4 Å². The first-order valence-corrected chi connectivity index (χ1v) is 9.67. The van der Waals surface area contributed by atoms with Gasteiger partial charge in [0, 0.05) is 0 Å². The van der Waals surface area contributed by atoms with E-state index in [0.717, 1.165) is 24.2 Å². The molecule has 0 saturated heterocycles. The fraction of sp³-hybridized carbons (Fsp3) is 0.647. The smallest absolute Gasteiger partial charge is 0.217 e. The molecule has 0 fully saturated rings. The molecule has 0 aliphatic carbocycles. The van der Waals surface area contributed by atoms with E-state index in [4.69, 9.17) is 4.74 Å². The van der Waals surface area contributed by atoms with E-state index in [1.807, 2.05) is 24.3 Å². The van der Waals surface area contributed by atoms with Crippen molar-refractivity contribution < 1.29 is 21.9 Å². The number of hydrogen-bond donors (Lipinski definition) is 1. The SMILES string of the molecule is CCCCCCCCCc1ccccc1OCCOS(=O)(=O)[O-].[NH4+]. The van der Waals surface area contributed by atoms with Crippen molar-refractivity contribution in [2.75, 3.05) is 13.2 Å². The molecule has 0 atom stereocenters. The molecular formula is C17H31NO5S. The topological polar surface area (TPSA) is 112 Å². The number of quaternary nitrogens is 1. The van der Waals surface area contributed by atoms with Crippen molar-refractivity contribution in [1.82, 2.24) is 6.15 Å². The van der Waals surface area contributed by atoms with Crippen molar-refractivity contribution in [3.8, 4) is 5.75 Å². The predicted molar refractivity (Wildman–Crippen MR) is 95.3 cm³/mol. The third-order valence-corrected chi connectivity index (χ3v) is 4.05. The Morgan fingerprint density at radius 1 is 0.958 bits per heavy atom. The molecule has 1 aromatic carbocycles. The van der Waals surface area contributed by atoms with Crippen LogP contribution in [0.4, 0.5) is 0 Å². The molecule has 1 rings (SSSR count). The predicted octanol–water partition coefficient (Wildman–Crippen LogP) is 4.21. The maximum atomic E-state index is 10.3. The van der Waals surface area contributed by atoms with Crippen LogP contribution < -0.4 is 10.9 Å². The van der Waals surface area contributed by atoms with Gasteiger partial charge in [-0.3, -0.25) is 4.18 Å². The average Bonchev–Trinajstić information content (AvgIpc) is 2.51. The van der Waals surface area contributed by atoms with Gasteiger partial charge in [-0.25, -0.2) is 8.42 Å². The zero-order chi connectivity index (χ0) is 17.0. The molecule has 0 amide bonds. The number of unbranched alkanes of at least 4 members (excludes halogenated alkanes) is 6. The van der Waals surface area contributed by atoms with E-state index in [2.05, 4.69) is 11.1 Å². The molecule has 0 radical (unpaired) electrons. The summed E-state index contributed by atoms with van der Waals surface area (Å²) in [6.45, 7) is 1.99. The molecule has 0 bridgehead atoms. The number of aryl methyl sites for hydroxylation is 1. The summed E-state index contributed by atoms with van der Waals surface area (Å²) in [5.41, 5.74) is 1.10. The monoisotopic (exact) mass is 361 g/mol. The summed E-state index contributed by atoms with van der Waals surface area (Å²) < 4.78 is 40.7. The van der Waals surface area contributed by atoms with E-state index in [1.165, 1.54) is 38.5 Å². The van der Waals surface area contributed by atoms with Gasteiger partial charge in [0.2, 0.25) is 10.4 Å². The van der Waals surface area contributed by atoms with Crippen LogP contribution in [0.2, 0.25) is 0 Å². The maximum Gasteiger partial charge on any atom is 0.217 e. The summed E-state index contributed by atoms with van der Waals surface area (Å²) in [6, 6.07) is 7.69. The van der Waals surface area contributed by atoms with Gasteiger partial charge in [-0.15, -0.1) is 0 Å². The minimum Gasteiger partial charge on any atom is -0.726 e. The van der Waals surface area contributed by atoms with Gasteiger partial charge in [0.1, 0.15) is 12.4 Å². The van der Waals surface area contributed by atoms with Gasteiger partial charge >= 0.3 is 0 Å². The van der Waals surface area contributed by atoms with E-state index in [1.54, 1.807) is 0 Å². The normalized spacial score (nSPS) is 11.1. The zero-order valence-electron chi connectivity index (χ0n) is 14.8. The Morgan fingerprint density at radius 3 is 2.25 bits per heavy atom. The van der Waals surface area contributed by atoms with Crippen LogP contribution in [0, 0.1) is 0 Å². The van der Waals surface area contributed by atoms with Crippen molar-refractivity contribution in [3.63, 3.8) is 0 Å². The van der Waals surface area contributed by atoms with Gasteiger partial charge in [0.05, 0.1) is 6.61 Å². The van der Waals surface area contributed by atoms with Crippen LogP contribution in [0.15, 0.2) is 24.3 Å². The quantitative estimate of drug-likeness (QED) is 0.321. The molecule has 0 aliphatic heterocycles. The van der Waals surface area contributed by atoms with Gasteiger partial charge in [0.15, 0.2) is 0 Å². The minimum atomic E-state index is -4.65. The van der Waals surface area contributed by atoms with Crippen molar-refractivity contribution in [3.05, 3.63) is 29.8 Å². The Bertz CT molecular complexity index is 534.